The third-order valence-corrected chi connectivity index (χ3v) is 18.1. The SMILES string of the molecule is COC(=O)CCC[C@@H]1OC(C)(C)O[C@@H]1/C=C/B1OC(C)(C)C(C)(C)O1.COC(=O)CCC[C@@H]1OC(C)(C)O[C@@H]1/C=C/c1c(C(=O)COc2ccc(C(F)(F)F)cc2)sc2ccccc12.O=C(COc1ccc(C(F)(F)F)cc1)c1sc2ccccc2c1Br. The van der Waals surface area contributed by atoms with E-state index < -0.39 is 48.3 Å². The molecule has 3 aliphatic heterocycles. The van der Waals surface area contributed by atoms with E-state index in [1.54, 1.807) is 0 Å². The average Bonchev–Trinajstić information content (AvgIpc) is 2.40. The normalized spacial score (nSPS) is 20.2. The predicted octanol–water partition coefficient (Wildman–Crippen LogP) is 16.0. The van der Waals surface area contributed by atoms with Crippen LogP contribution >= 0.6 is 38.6 Å². The number of thiophene rings is 2. The smallest absolute Gasteiger partial charge is 0.485 e. The maximum Gasteiger partial charge on any atom is 0.486 e. The molecule has 5 heterocycles. The maximum absolute atomic E-state index is 13.2. The molecule has 0 aliphatic carbocycles. The number of carbonyl (C=O) groups excluding carboxylic acids is 4. The summed E-state index contributed by atoms with van der Waals surface area (Å²) in [5.74, 6) is -0.210. The number of hydrogen-bond donors (Lipinski definition) is 0. The molecule has 0 N–H and O–H groups in total. The van der Waals surface area contributed by atoms with Gasteiger partial charge in [-0.15, -0.1) is 22.7 Å². The summed E-state index contributed by atoms with van der Waals surface area (Å²) in [4.78, 5) is 49.3. The van der Waals surface area contributed by atoms with Crippen molar-refractivity contribution in [3.63, 3.8) is 0 Å². The van der Waals surface area contributed by atoms with Gasteiger partial charge in [0.15, 0.2) is 24.8 Å². The predicted molar refractivity (Wildman–Crippen MR) is 328 cm³/mol. The average molecular weight is 1330 g/mol. The molecule has 0 saturated carbocycles. The van der Waals surface area contributed by atoms with Crippen molar-refractivity contribution in [1.29, 1.82) is 0 Å². The van der Waals surface area contributed by atoms with Gasteiger partial charge in [0.1, 0.15) is 23.7 Å². The summed E-state index contributed by atoms with van der Waals surface area (Å²) in [6.45, 7) is 14.9. The number of carbonyl (C=O) groups is 4. The lowest BCUT2D eigenvalue weighted by Crippen LogP contribution is -2.41. The van der Waals surface area contributed by atoms with E-state index in [4.69, 9.17) is 42.5 Å². The molecule has 24 heteroatoms. The highest BCUT2D eigenvalue weighted by atomic mass is 79.9. The second-order valence-corrected chi connectivity index (χ2v) is 25.5. The van der Waals surface area contributed by atoms with Crippen molar-refractivity contribution in [3.05, 3.63) is 146 Å². The molecule has 0 spiro atoms. The second kappa shape index (κ2) is 29.3. The molecule has 474 valence electrons. The van der Waals surface area contributed by atoms with Crippen LogP contribution in [0.5, 0.6) is 11.5 Å². The van der Waals surface area contributed by atoms with Crippen molar-refractivity contribution in [2.45, 2.75) is 153 Å². The van der Waals surface area contributed by atoms with Crippen molar-refractivity contribution in [3.8, 4) is 11.5 Å². The monoisotopic (exact) mass is 1330 g/mol. The molecular formula is C64H70BBrF6O14S2. The van der Waals surface area contributed by atoms with Gasteiger partial charge in [-0.05, 0) is 158 Å². The number of alkyl halides is 6. The molecule has 4 atom stereocenters. The van der Waals surface area contributed by atoms with E-state index in [1.807, 2.05) is 128 Å². The van der Waals surface area contributed by atoms with Crippen LogP contribution in [0.4, 0.5) is 26.3 Å². The number of benzene rings is 4. The Balaban J connectivity index is 0.000000197. The van der Waals surface area contributed by atoms with Crippen LogP contribution in [0.2, 0.25) is 0 Å². The number of rotatable bonds is 20. The molecule has 0 unspecified atom stereocenters. The standard InChI is InChI=1S/C29H29F3O6S.C18H31BO6.C17H10BrF3O2S/c1-28(2)37-23(8-6-10-26(34)35-3)24(38-28)16-15-21-20-7-4-5-9-25(20)39-27(21)22(33)17-36-19-13-11-18(12-14-19)29(30,31)32;1-16(2)17(3,4)25-19(24-16)12-11-14-13(22-18(5,6)23-14)9-8-10-15(20)21-7;18-15-12-3-1-2-4-14(12)24-16(15)13(22)9-23-11-7-5-10(6-8-11)17(19,20)21/h4-5,7,9,11-16,23-24H,6,8,10,17H2,1-3H3;11-14H,8-10H2,1-7H3;1-8H,9H2/b16-15+;12-11+;/t23-,24+;13-,14+;/m00./s1. The highest BCUT2D eigenvalue weighted by molar-refractivity contribution is 9.10. The van der Waals surface area contributed by atoms with Crippen LogP contribution in [-0.2, 0) is 59.7 Å². The number of Topliss-reactive ketones (excluding diaryl/α,β-unsaturated/α-hetero) is 2. The van der Waals surface area contributed by atoms with Crippen LogP contribution in [0.15, 0.2) is 120 Å². The maximum atomic E-state index is 13.2. The molecule has 88 heavy (non-hydrogen) atoms. The Kier molecular flexibility index (Phi) is 23.2. The Hall–Kier alpha value is -5.96. The van der Waals surface area contributed by atoms with E-state index in [-0.39, 0.29) is 84.2 Å². The van der Waals surface area contributed by atoms with Gasteiger partial charge in [-0.25, -0.2) is 0 Å². The van der Waals surface area contributed by atoms with Gasteiger partial charge >= 0.3 is 31.4 Å². The molecule has 6 aromatic rings. The summed E-state index contributed by atoms with van der Waals surface area (Å²) in [5, 5.41) is 1.83. The van der Waals surface area contributed by atoms with E-state index in [0.29, 0.717) is 45.5 Å². The van der Waals surface area contributed by atoms with Gasteiger partial charge in [-0.2, -0.15) is 26.3 Å². The summed E-state index contributed by atoms with van der Waals surface area (Å²) < 4.78 is 135. The lowest BCUT2D eigenvalue weighted by atomic mass is 9.88. The zero-order valence-electron chi connectivity index (χ0n) is 50.3. The molecule has 2 aromatic heterocycles. The first-order valence-electron chi connectivity index (χ1n) is 28.2. The first-order chi connectivity index (χ1) is 41.3. The van der Waals surface area contributed by atoms with Gasteiger partial charge in [0.25, 0.3) is 0 Å². The van der Waals surface area contributed by atoms with E-state index in [9.17, 15) is 45.5 Å². The fourth-order valence-electron chi connectivity index (χ4n) is 9.50. The molecule has 3 saturated heterocycles. The van der Waals surface area contributed by atoms with Crippen LogP contribution in [0.3, 0.4) is 0 Å². The molecule has 3 fully saturated rings. The molecule has 0 radical (unpaired) electrons. The first kappa shape index (κ1) is 69.5. The van der Waals surface area contributed by atoms with E-state index in [0.717, 1.165) is 50.9 Å². The molecule has 0 amide bonds. The summed E-state index contributed by atoms with van der Waals surface area (Å²) >= 11 is 6.09. The van der Waals surface area contributed by atoms with Crippen molar-refractivity contribution in [1.82, 2.24) is 0 Å². The Labute approximate surface area is 524 Å². The Morgan fingerprint density at radius 2 is 0.977 bits per heavy atom. The minimum absolute atomic E-state index is 0.113. The van der Waals surface area contributed by atoms with Crippen LogP contribution in [0.1, 0.15) is 130 Å². The zero-order valence-corrected chi connectivity index (χ0v) is 53.5. The number of esters is 2. The summed E-state index contributed by atoms with van der Waals surface area (Å²) in [6, 6.07) is 23.7. The summed E-state index contributed by atoms with van der Waals surface area (Å²) in [7, 11) is 2.34. The minimum Gasteiger partial charge on any atom is -0.485 e. The Bertz CT molecular complexity index is 3410. The molecule has 9 rings (SSSR count). The van der Waals surface area contributed by atoms with E-state index in [1.165, 1.54) is 61.2 Å². The Morgan fingerprint density at radius 3 is 1.42 bits per heavy atom. The number of halogens is 7. The molecule has 3 aliphatic rings. The summed E-state index contributed by atoms with van der Waals surface area (Å²) in [5.41, 5.74) is -1.57. The fourth-order valence-corrected chi connectivity index (χ4v) is 12.6. The quantitative estimate of drug-likeness (QED) is 0.0307. The van der Waals surface area contributed by atoms with Crippen LogP contribution in [0, 0.1) is 0 Å². The lowest BCUT2D eigenvalue weighted by Gasteiger charge is -2.32. The third-order valence-electron chi connectivity index (χ3n) is 14.6. The van der Waals surface area contributed by atoms with Crippen LogP contribution < -0.4 is 9.47 Å². The number of fused-ring (bicyclic) bond motifs is 2. The van der Waals surface area contributed by atoms with Gasteiger partial charge < -0.3 is 47.2 Å². The minimum atomic E-state index is -4.45. The summed E-state index contributed by atoms with van der Waals surface area (Å²) in [6.07, 6.45) is -0.962. The molecule has 0 bridgehead atoms. The van der Waals surface area contributed by atoms with Gasteiger partial charge in [0.05, 0.1) is 58.5 Å². The zero-order chi connectivity index (χ0) is 64.4. The highest BCUT2D eigenvalue weighted by Crippen LogP contribution is 2.41. The van der Waals surface area contributed by atoms with Gasteiger partial charge in [0, 0.05) is 43.1 Å². The van der Waals surface area contributed by atoms with Crippen molar-refractivity contribution in [2.75, 3.05) is 27.4 Å². The largest absolute Gasteiger partial charge is 0.486 e. The number of methoxy groups -OCH3 is 2. The fraction of sp³-hybridized carbons (Fsp3) is 0.438. The van der Waals surface area contributed by atoms with Gasteiger partial charge in [-0.1, -0.05) is 60.6 Å². The molecular weight excluding hydrogens is 1260 g/mol. The van der Waals surface area contributed by atoms with Crippen molar-refractivity contribution >= 4 is 95.5 Å². The second-order valence-electron chi connectivity index (χ2n) is 22.6. The third kappa shape index (κ3) is 18.8. The van der Waals surface area contributed by atoms with Crippen LogP contribution in [-0.4, -0.2) is 105 Å². The van der Waals surface area contributed by atoms with Gasteiger partial charge in [0.2, 0.25) is 11.6 Å². The first-order valence-corrected chi connectivity index (χ1v) is 30.6. The van der Waals surface area contributed by atoms with Crippen LogP contribution in [0.25, 0.3) is 26.2 Å². The highest BCUT2D eigenvalue weighted by Gasteiger charge is 2.50. The molecule has 4 aromatic carbocycles. The number of ether oxygens (including phenoxy) is 8. The topological polar surface area (TPSA) is 161 Å². The lowest BCUT2D eigenvalue weighted by molar-refractivity contribution is -0.145. The van der Waals surface area contributed by atoms with E-state index >= 15 is 0 Å². The Morgan fingerprint density at radius 1 is 0.568 bits per heavy atom. The van der Waals surface area contributed by atoms with Gasteiger partial charge in [-0.3, -0.25) is 19.2 Å². The van der Waals surface area contributed by atoms with Crippen molar-refractivity contribution in [2.24, 2.45) is 0 Å². The molecule has 14 nitrogen and oxygen atoms in total. The number of ketones is 2. The van der Waals surface area contributed by atoms with E-state index in [2.05, 4.69) is 20.7 Å². The number of hydrogen-bond acceptors (Lipinski definition) is 16. The van der Waals surface area contributed by atoms with Crippen molar-refractivity contribution < 1.29 is 92.7 Å².